The molecule has 3 aromatic carbocycles. The van der Waals surface area contributed by atoms with E-state index in [2.05, 4.69) is 46.4 Å². The minimum atomic E-state index is -0.462. The van der Waals surface area contributed by atoms with Gasteiger partial charge in [0, 0.05) is 35.6 Å². The van der Waals surface area contributed by atoms with Crippen LogP contribution in [0.4, 0.5) is 33.6 Å². The third-order valence-corrected chi connectivity index (χ3v) is 10.9. The Morgan fingerprint density at radius 2 is 1.54 bits per heavy atom. The van der Waals surface area contributed by atoms with Crippen molar-refractivity contribution in [2.24, 2.45) is 17.8 Å². The number of ether oxygens (including phenoxy) is 1. The molecule has 260 valence electrons. The number of anilines is 5. The molecular weight excluding hydrogens is 651 g/mol. The number of nitrogens with one attached hydrogen (secondary N) is 4. The molecule has 11 heteroatoms. The number of hydrogen-bond acceptors (Lipinski definition) is 9. The van der Waals surface area contributed by atoms with E-state index < -0.39 is 5.82 Å². The summed E-state index contributed by atoms with van der Waals surface area (Å²) in [6.45, 7) is 3.91. The molecule has 5 aromatic rings. The zero-order valence-electron chi connectivity index (χ0n) is 28.3. The topological polar surface area (TPSA) is 109 Å². The first-order valence-electron chi connectivity index (χ1n) is 18.1. The number of halogens is 2. The van der Waals surface area contributed by atoms with Gasteiger partial charge < -0.3 is 26.0 Å². The van der Waals surface area contributed by atoms with Crippen LogP contribution in [0.15, 0.2) is 66.7 Å². The molecule has 1 saturated heterocycles. The van der Waals surface area contributed by atoms with Crippen molar-refractivity contribution in [1.82, 2.24) is 19.9 Å². The lowest BCUT2D eigenvalue weighted by molar-refractivity contribution is 0.0171. The van der Waals surface area contributed by atoms with Gasteiger partial charge in [-0.25, -0.2) is 14.4 Å². The Labute approximate surface area is 297 Å². The van der Waals surface area contributed by atoms with E-state index in [1.54, 1.807) is 12.1 Å². The molecule has 1 aliphatic heterocycles. The van der Waals surface area contributed by atoms with Gasteiger partial charge in [-0.05, 0) is 112 Å². The average molecular weight is 695 g/mol. The van der Waals surface area contributed by atoms with Gasteiger partial charge >= 0.3 is 0 Å². The molecule has 4 N–H and O–H groups in total. The van der Waals surface area contributed by atoms with E-state index in [0.29, 0.717) is 36.0 Å². The molecule has 5 atom stereocenters. The van der Waals surface area contributed by atoms with Crippen molar-refractivity contribution in [3.63, 3.8) is 0 Å². The molecule has 2 aliphatic carbocycles. The van der Waals surface area contributed by atoms with Crippen LogP contribution in [0.25, 0.3) is 21.8 Å². The van der Waals surface area contributed by atoms with Gasteiger partial charge in [-0.3, -0.25) is 0 Å². The Morgan fingerprint density at radius 1 is 0.800 bits per heavy atom. The van der Waals surface area contributed by atoms with Gasteiger partial charge in [-0.1, -0.05) is 42.8 Å². The fourth-order valence-corrected chi connectivity index (χ4v) is 7.90. The molecule has 0 spiro atoms. The van der Waals surface area contributed by atoms with Gasteiger partial charge in [0.25, 0.3) is 0 Å². The van der Waals surface area contributed by atoms with Crippen molar-refractivity contribution < 1.29 is 9.13 Å². The molecule has 0 radical (unpaired) electrons. The highest BCUT2D eigenvalue weighted by atomic mass is 35.5. The quantitative estimate of drug-likeness (QED) is 0.0959. The highest BCUT2D eigenvalue weighted by Gasteiger charge is 2.38. The number of nitrogens with zero attached hydrogens (tertiary/aromatic N) is 4. The SMILES string of the molecule is CC[C@@H](Nc1nc(Nc2ccc(F)c(Cl)c2)nc2ccccc12)C1CCC(C2CCC(CNc3nc(NCC4CC4)c4ccccc4n3)O2)C1. The summed E-state index contributed by atoms with van der Waals surface area (Å²) >= 11 is 6.03. The molecule has 3 aliphatic rings. The average Bonchev–Trinajstić information content (AvgIpc) is 3.62. The predicted octanol–water partition coefficient (Wildman–Crippen LogP) is 9.20. The number of hydrogen-bond donors (Lipinski definition) is 4. The molecule has 8 rings (SSSR count). The van der Waals surface area contributed by atoms with E-state index in [1.807, 2.05) is 30.3 Å². The molecule has 0 amide bonds. The maximum Gasteiger partial charge on any atom is 0.229 e. The molecule has 3 fully saturated rings. The van der Waals surface area contributed by atoms with Crippen molar-refractivity contribution in [2.45, 2.75) is 76.5 Å². The fourth-order valence-electron chi connectivity index (χ4n) is 7.72. The minimum absolute atomic E-state index is 0.0503. The van der Waals surface area contributed by atoms with Crippen LogP contribution in [0.1, 0.15) is 58.3 Å². The standard InChI is InChI=1S/C39H44ClFN8O/c1-2-32(45-37-29-8-4-6-10-34(29)47-39(49-37)44-26-15-17-31(41)30(40)20-26)24-13-14-25(19-24)35-18-16-27(50-35)22-43-38-46-33-9-5-3-7-28(33)36(48-38)42-21-23-11-12-23/h3-10,15,17,20,23-25,27,32,35H,2,11-14,16,18-19,21-22H2,1H3,(H2,42,43,46,48)(H2,44,45,47,49)/t24?,25?,27?,32-,35?/m1/s1. The second-order valence-corrected chi connectivity index (χ2v) is 14.6. The van der Waals surface area contributed by atoms with E-state index in [1.165, 1.54) is 25.3 Å². The van der Waals surface area contributed by atoms with Gasteiger partial charge in [-0.15, -0.1) is 0 Å². The van der Waals surface area contributed by atoms with Crippen molar-refractivity contribution >= 4 is 62.6 Å². The van der Waals surface area contributed by atoms with Crippen LogP contribution in [-0.2, 0) is 4.74 Å². The van der Waals surface area contributed by atoms with Gasteiger partial charge in [0.05, 0.1) is 28.3 Å². The summed E-state index contributed by atoms with van der Waals surface area (Å²) in [4.78, 5) is 19.3. The maximum atomic E-state index is 13.8. The maximum absolute atomic E-state index is 13.8. The smallest absolute Gasteiger partial charge is 0.229 e. The van der Waals surface area contributed by atoms with E-state index >= 15 is 0 Å². The molecular formula is C39H44ClFN8O. The molecule has 3 heterocycles. The van der Waals surface area contributed by atoms with Crippen LogP contribution in [0, 0.1) is 23.6 Å². The Balaban J connectivity index is 0.891. The monoisotopic (exact) mass is 694 g/mol. The number of aromatic nitrogens is 4. The number of rotatable bonds is 13. The molecule has 0 bridgehead atoms. The molecule has 4 unspecified atom stereocenters. The third kappa shape index (κ3) is 7.42. The summed E-state index contributed by atoms with van der Waals surface area (Å²) in [5.74, 6) is 4.15. The van der Waals surface area contributed by atoms with Crippen LogP contribution >= 0.6 is 11.6 Å². The zero-order valence-corrected chi connectivity index (χ0v) is 29.1. The summed E-state index contributed by atoms with van der Waals surface area (Å²) in [7, 11) is 0. The van der Waals surface area contributed by atoms with E-state index in [-0.39, 0.29) is 23.3 Å². The normalized spacial score (nSPS) is 22.5. The second kappa shape index (κ2) is 14.5. The van der Waals surface area contributed by atoms with Gasteiger partial charge in [0.2, 0.25) is 11.9 Å². The summed E-state index contributed by atoms with van der Waals surface area (Å²) in [6.07, 6.45) is 9.57. The van der Waals surface area contributed by atoms with Crippen LogP contribution in [0.5, 0.6) is 0 Å². The Hall–Kier alpha value is -4.28. The van der Waals surface area contributed by atoms with E-state index in [9.17, 15) is 4.39 Å². The summed E-state index contributed by atoms with van der Waals surface area (Å²) < 4.78 is 20.4. The largest absolute Gasteiger partial charge is 0.373 e. The zero-order chi connectivity index (χ0) is 34.0. The lowest BCUT2D eigenvalue weighted by Gasteiger charge is -2.26. The van der Waals surface area contributed by atoms with Gasteiger partial charge in [0.1, 0.15) is 17.5 Å². The first-order chi connectivity index (χ1) is 24.5. The first kappa shape index (κ1) is 32.9. The number of para-hydroxylation sites is 2. The summed E-state index contributed by atoms with van der Waals surface area (Å²) in [5.41, 5.74) is 2.41. The van der Waals surface area contributed by atoms with Crippen LogP contribution in [0.2, 0.25) is 5.02 Å². The second-order valence-electron chi connectivity index (χ2n) is 14.2. The predicted molar refractivity (Wildman–Crippen MR) is 200 cm³/mol. The lowest BCUT2D eigenvalue weighted by atomic mass is 9.92. The Bertz CT molecular complexity index is 1970. The molecule has 2 saturated carbocycles. The van der Waals surface area contributed by atoms with Crippen LogP contribution in [0.3, 0.4) is 0 Å². The molecule has 9 nitrogen and oxygen atoms in total. The van der Waals surface area contributed by atoms with Crippen molar-refractivity contribution in [2.75, 3.05) is 34.4 Å². The molecule has 50 heavy (non-hydrogen) atoms. The number of fused-ring (bicyclic) bond motifs is 2. The minimum Gasteiger partial charge on any atom is -0.373 e. The Morgan fingerprint density at radius 3 is 2.30 bits per heavy atom. The highest BCUT2D eigenvalue weighted by molar-refractivity contribution is 6.31. The van der Waals surface area contributed by atoms with Gasteiger partial charge in [-0.2, -0.15) is 9.97 Å². The van der Waals surface area contributed by atoms with Crippen molar-refractivity contribution in [1.29, 1.82) is 0 Å². The summed E-state index contributed by atoms with van der Waals surface area (Å²) in [6, 6.07) is 21.0. The summed E-state index contributed by atoms with van der Waals surface area (Å²) in [5, 5.41) is 16.2. The highest BCUT2D eigenvalue weighted by Crippen LogP contribution is 2.42. The molecule has 2 aromatic heterocycles. The van der Waals surface area contributed by atoms with Crippen molar-refractivity contribution in [3.8, 4) is 0 Å². The van der Waals surface area contributed by atoms with E-state index in [4.69, 9.17) is 36.3 Å². The Kier molecular flexibility index (Phi) is 9.56. The number of benzene rings is 3. The van der Waals surface area contributed by atoms with E-state index in [0.717, 1.165) is 78.0 Å². The van der Waals surface area contributed by atoms with Crippen LogP contribution in [-0.4, -0.2) is 51.3 Å². The van der Waals surface area contributed by atoms with Crippen LogP contribution < -0.4 is 21.3 Å². The first-order valence-corrected chi connectivity index (χ1v) is 18.5. The van der Waals surface area contributed by atoms with Crippen molar-refractivity contribution in [3.05, 3.63) is 77.6 Å². The van der Waals surface area contributed by atoms with Gasteiger partial charge in [0.15, 0.2) is 0 Å². The lowest BCUT2D eigenvalue weighted by Crippen LogP contribution is -2.29. The fraction of sp³-hybridized carbons (Fsp3) is 0.436. The third-order valence-electron chi connectivity index (χ3n) is 10.6.